The van der Waals surface area contributed by atoms with Crippen molar-refractivity contribution in [3.05, 3.63) is 64.7 Å². The van der Waals surface area contributed by atoms with Crippen molar-refractivity contribution in [2.24, 2.45) is 0 Å². The molecule has 0 bridgehead atoms. The SMILES string of the molecule is COCCN1C(=O)C(=O)/C(=C(\O)c2ccc3c(c2)OCO3)C1c1ccc(C(C)(C)C)cc1. The molecule has 2 aliphatic heterocycles. The molecule has 2 aromatic rings. The maximum Gasteiger partial charge on any atom is 0.295 e. The maximum absolute atomic E-state index is 13.0. The first kappa shape index (κ1) is 21.9. The fraction of sp³-hybridized carbons (Fsp3) is 0.360. The number of likely N-dealkylation sites (tertiary alicyclic amines) is 1. The van der Waals surface area contributed by atoms with Crippen molar-refractivity contribution in [1.82, 2.24) is 4.90 Å². The molecule has 2 aliphatic rings. The van der Waals surface area contributed by atoms with E-state index in [0.717, 1.165) is 11.1 Å². The third kappa shape index (κ3) is 3.84. The molecule has 1 N–H and O–H groups in total. The van der Waals surface area contributed by atoms with Crippen LogP contribution >= 0.6 is 0 Å². The van der Waals surface area contributed by atoms with Gasteiger partial charge in [0.1, 0.15) is 5.76 Å². The van der Waals surface area contributed by atoms with Crippen LogP contribution in [0.25, 0.3) is 5.76 Å². The van der Waals surface area contributed by atoms with Crippen LogP contribution in [0.5, 0.6) is 11.5 Å². The predicted molar refractivity (Wildman–Crippen MR) is 119 cm³/mol. The third-order valence-electron chi connectivity index (χ3n) is 5.81. The van der Waals surface area contributed by atoms with Crippen LogP contribution in [0.2, 0.25) is 0 Å². The van der Waals surface area contributed by atoms with E-state index < -0.39 is 17.7 Å². The van der Waals surface area contributed by atoms with E-state index in [1.807, 2.05) is 24.3 Å². The van der Waals surface area contributed by atoms with Gasteiger partial charge in [-0.1, -0.05) is 45.0 Å². The molecule has 0 aliphatic carbocycles. The summed E-state index contributed by atoms with van der Waals surface area (Å²) in [6.45, 7) is 6.95. The number of ether oxygens (including phenoxy) is 3. The minimum Gasteiger partial charge on any atom is -0.507 e. The van der Waals surface area contributed by atoms with E-state index in [-0.39, 0.29) is 36.7 Å². The number of carbonyl (C=O) groups is 2. The molecule has 0 saturated carbocycles. The standard InChI is InChI=1S/C25H27NO6/c1-25(2,3)17-8-5-15(6-9-17)21-20(23(28)24(29)26(21)11-12-30-4)22(27)16-7-10-18-19(13-16)32-14-31-18/h5-10,13,21,27H,11-12,14H2,1-4H3/b22-20-. The summed E-state index contributed by atoms with van der Waals surface area (Å²) < 4.78 is 15.9. The third-order valence-corrected chi connectivity index (χ3v) is 5.81. The zero-order valence-electron chi connectivity index (χ0n) is 18.7. The Labute approximate surface area is 187 Å². The van der Waals surface area contributed by atoms with Gasteiger partial charge in [-0.05, 0) is 34.7 Å². The van der Waals surface area contributed by atoms with Crippen molar-refractivity contribution < 1.29 is 28.9 Å². The Kier molecular flexibility index (Phi) is 5.69. The number of fused-ring (bicyclic) bond motifs is 1. The number of carbonyl (C=O) groups excluding carboxylic acids is 2. The molecule has 32 heavy (non-hydrogen) atoms. The lowest BCUT2D eigenvalue weighted by atomic mass is 9.85. The van der Waals surface area contributed by atoms with Crippen molar-refractivity contribution >= 4 is 17.4 Å². The molecule has 7 heteroatoms. The number of methoxy groups -OCH3 is 1. The molecule has 1 fully saturated rings. The number of amides is 1. The van der Waals surface area contributed by atoms with Crippen LogP contribution in [0, 0.1) is 0 Å². The van der Waals surface area contributed by atoms with E-state index in [1.165, 1.54) is 12.0 Å². The van der Waals surface area contributed by atoms with E-state index in [1.54, 1.807) is 18.2 Å². The van der Waals surface area contributed by atoms with E-state index >= 15 is 0 Å². The molecule has 168 valence electrons. The fourth-order valence-corrected chi connectivity index (χ4v) is 4.01. The summed E-state index contributed by atoms with van der Waals surface area (Å²) in [6, 6.07) is 12.0. The molecule has 2 heterocycles. The number of aliphatic hydroxyl groups excluding tert-OH is 1. The molecule has 0 spiro atoms. The summed E-state index contributed by atoms with van der Waals surface area (Å²) in [6.07, 6.45) is 0. The smallest absolute Gasteiger partial charge is 0.295 e. The molecule has 2 aromatic carbocycles. The van der Waals surface area contributed by atoms with Crippen molar-refractivity contribution in [3.63, 3.8) is 0 Å². The first-order valence-electron chi connectivity index (χ1n) is 10.5. The number of ketones is 1. The molecule has 4 rings (SSSR count). The Morgan fingerprint density at radius 2 is 1.78 bits per heavy atom. The van der Waals surface area contributed by atoms with Gasteiger partial charge in [0.15, 0.2) is 11.5 Å². The van der Waals surface area contributed by atoms with E-state index in [9.17, 15) is 14.7 Å². The van der Waals surface area contributed by atoms with E-state index in [2.05, 4.69) is 20.8 Å². The zero-order chi connectivity index (χ0) is 23.0. The highest BCUT2D eigenvalue weighted by molar-refractivity contribution is 6.46. The number of rotatable bonds is 5. The normalized spacial score (nSPS) is 19.6. The Bertz CT molecular complexity index is 1080. The van der Waals surface area contributed by atoms with Gasteiger partial charge in [0.05, 0.1) is 18.2 Å². The Hall–Kier alpha value is -3.32. The van der Waals surface area contributed by atoms with Gasteiger partial charge in [0, 0.05) is 19.2 Å². The average Bonchev–Trinajstić information content (AvgIpc) is 3.33. The summed E-state index contributed by atoms with van der Waals surface area (Å²) in [4.78, 5) is 27.4. The quantitative estimate of drug-likeness (QED) is 0.435. The predicted octanol–water partition coefficient (Wildman–Crippen LogP) is 3.78. The minimum atomic E-state index is -0.721. The van der Waals surface area contributed by atoms with Crippen molar-refractivity contribution in [1.29, 1.82) is 0 Å². The highest BCUT2D eigenvalue weighted by Gasteiger charge is 2.46. The Morgan fingerprint density at radius 3 is 2.44 bits per heavy atom. The van der Waals surface area contributed by atoms with Gasteiger partial charge in [-0.25, -0.2) is 0 Å². The molecule has 0 radical (unpaired) electrons. The van der Waals surface area contributed by atoms with Gasteiger partial charge in [0.2, 0.25) is 6.79 Å². The van der Waals surface area contributed by atoms with Crippen molar-refractivity contribution in [2.45, 2.75) is 32.2 Å². The summed E-state index contributed by atoms with van der Waals surface area (Å²) >= 11 is 0. The van der Waals surface area contributed by atoms with Crippen LogP contribution in [0.3, 0.4) is 0 Å². The van der Waals surface area contributed by atoms with Gasteiger partial charge in [-0.2, -0.15) is 0 Å². The Balaban J connectivity index is 1.82. The molecule has 1 atom stereocenters. The van der Waals surface area contributed by atoms with Crippen LogP contribution < -0.4 is 9.47 Å². The number of hydrogen-bond donors (Lipinski definition) is 1. The average molecular weight is 437 g/mol. The van der Waals surface area contributed by atoms with Crippen molar-refractivity contribution in [3.8, 4) is 11.5 Å². The topological polar surface area (TPSA) is 85.3 Å². The van der Waals surface area contributed by atoms with Gasteiger partial charge in [-0.3, -0.25) is 9.59 Å². The number of benzene rings is 2. The maximum atomic E-state index is 13.0. The molecule has 1 unspecified atom stereocenters. The van der Waals surface area contributed by atoms with Gasteiger partial charge in [-0.15, -0.1) is 0 Å². The second-order valence-corrected chi connectivity index (χ2v) is 8.93. The molecule has 1 amide bonds. The zero-order valence-corrected chi connectivity index (χ0v) is 18.7. The Morgan fingerprint density at radius 1 is 1.09 bits per heavy atom. The van der Waals surface area contributed by atoms with E-state index in [4.69, 9.17) is 14.2 Å². The summed E-state index contributed by atoms with van der Waals surface area (Å²) in [5, 5.41) is 11.2. The van der Waals surface area contributed by atoms with E-state index in [0.29, 0.717) is 17.1 Å². The molecule has 0 aromatic heterocycles. The van der Waals surface area contributed by atoms with Crippen LogP contribution in [0.1, 0.15) is 43.5 Å². The van der Waals surface area contributed by atoms with Crippen LogP contribution in [0.4, 0.5) is 0 Å². The lowest BCUT2D eigenvalue weighted by molar-refractivity contribution is -0.140. The second kappa shape index (κ2) is 8.31. The highest BCUT2D eigenvalue weighted by Crippen LogP contribution is 2.41. The first-order valence-corrected chi connectivity index (χ1v) is 10.5. The molecular formula is C25H27NO6. The van der Waals surface area contributed by atoms with Gasteiger partial charge in [0.25, 0.3) is 11.7 Å². The van der Waals surface area contributed by atoms with Crippen LogP contribution in [-0.2, 0) is 19.7 Å². The summed E-state index contributed by atoms with van der Waals surface area (Å²) in [5.41, 5.74) is 2.27. The first-order chi connectivity index (χ1) is 15.2. The minimum absolute atomic E-state index is 0.0388. The van der Waals surface area contributed by atoms with Crippen LogP contribution in [-0.4, -0.2) is 48.8 Å². The monoisotopic (exact) mass is 437 g/mol. The molecule has 1 saturated heterocycles. The van der Waals surface area contributed by atoms with Crippen LogP contribution in [0.15, 0.2) is 48.0 Å². The molecular weight excluding hydrogens is 410 g/mol. The summed E-state index contributed by atoms with van der Waals surface area (Å²) in [5.74, 6) is -0.577. The number of Topliss-reactive ketones (excluding diaryl/α,β-unsaturated/α-hetero) is 1. The van der Waals surface area contributed by atoms with Gasteiger partial charge < -0.3 is 24.2 Å². The van der Waals surface area contributed by atoms with Gasteiger partial charge >= 0.3 is 0 Å². The second-order valence-electron chi connectivity index (χ2n) is 8.93. The number of hydrogen-bond acceptors (Lipinski definition) is 6. The lowest BCUT2D eigenvalue weighted by Gasteiger charge is -2.26. The summed E-state index contributed by atoms with van der Waals surface area (Å²) in [7, 11) is 1.54. The lowest BCUT2D eigenvalue weighted by Crippen LogP contribution is -2.32. The number of nitrogens with zero attached hydrogens (tertiary/aromatic N) is 1. The highest BCUT2D eigenvalue weighted by atomic mass is 16.7. The fourth-order valence-electron chi connectivity index (χ4n) is 4.01. The van der Waals surface area contributed by atoms with Crippen molar-refractivity contribution in [2.75, 3.05) is 27.1 Å². The largest absolute Gasteiger partial charge is 0.507 e. The molecule has 7 nitrogen and oxygen atoms in total. The number of aliphatic hydroxyl groups is 1.